The highest BCUT2D eigenvalue weighted by atomic mass is 16.2. The van der Waals surface area contributed by atoms with Crippen molar-refractivity contribution >= 4 is 17.3 Å². The van der Waals surface area contributed by atoms with E-state index < -0.39 is 6.04 Å². The maximum Gasteiger partial charge on any atom is 0.252 e. The van der Waals surface area contributed by atoms with Crippen molar-refractivity contribution in [2.45, 2.75) is 13.0 Å². The lowest BCUT2D eigenvalue weighted by atomic mass is 10.2. The van der Waals surface area contributed by atoms with E-state index in [1.165, 1.54) is 11.0 Å². The van der Waals surface area contributed by atoms with Gasteiger partial charge in [-0.2, -0.15) is 5.26 Å². The highest BCUT2D eigenvalue weighted by Gasteiger charge is 2.17. The van der Waals surface area contributed by atoms with Crippen LogP contribution in [-0.2, 0) is 4.79 Å². The van der Waals surface area contributed by atoms with Crippen LogP contribution in [0.15, 0.2) is 30.6 Å². The second-order valence-corrected chi connectivity index (χ2v) is 3.91. The number of nitriles is 1. The minimum absolute atomic E-state index is 0.0267. The average molecular weight is 256 g/mol. The van der Waals surface area contributed by atoms with Crippen LogP contribution >= 0.6 is 0 Å². The molecule has 7 heteroatoms. The molecule has 0 saturated carbocycles. The predicted octanol–water partition coefficient (Wildman–Crippen LogP) is 0.932. The van der Waals surface area contributed by atoms with Crippen LogP contribution in [0.3, 0.4) is 0 Å². The molecule has 0 fully saturated rings. The molecule has 0 radical (unpaired) electrons. The Labute approximate surface area is 109 Å². The Bertz CT molecular complexity index is 642. The van der Waals surface area contributed by atoms with Gasteiger partial charge in [-0.15, -0.1) is 5.10 Å². The van der Waals surface area contributed by atoms with Crippen LogP contribution in [-0.4, -0.2) is 20.7 Å². The molecular formula is C12H12N6O. The fourth-order valence-electron chi connectivity index (χ4n) is 1.48. The molecule has 0 aliphatic rings. The van der Waals surface area contributed by atoms with Gasteiger partial charge in [-0.3, -0.25) is 4.79 Å². The Kier molecular flexibility index (Phi) is 3.43. The molecular weight excluding hydrogens is 244 g/mol. The summed E-state index contributed by atoms with van der Waals surface area (Å²) in [5.41, 5.74) is 6.77. The zero-order valence-electron chi connectivity index (χ0n) is 10.2. The third kappa shape index (κ3) is 2.69. The van der Waals surface area contributed by atoms with Crippen LogP contribution in [0.25, 0.3) is 0 Å². The maximum atomic E-state index is 12.0. The molecule has 1 aromatic carbocycles. The number of nitrogen functional groups attached to an aromatic ring is 1. The number of nitrogens with zero attached hydrogens (tertiary/aromatic N) is 4. The summed E-state index contributed by atoms with van der Waals surface area (Å²) < 4.78 is 1.33. The van der Waals surface area contributed by atoms with E-state index in [1.807, 2.05) is 0 Å². The number of carbonyl (C=O) groups excluding carboxylic acids is 1. The largest absolute Gasteiger partial charge is 0.397 e. The summed E-state index contributed by atoms with van der Waals surface area (Å²) in [5.74, 6) is -0.258. The normalized spacial score (nSPS) is 11.6. The lowest BCUT2D eigenvalue weighted by Gasteiger charge is -2.13. The van der Waals surface area contributed by atoms with E-state index in [0.29, 0.717) is 11.4 Å². The number of anilines is 2. The van der Waals surface area contributed by atoms with Crippen molar-refractivity contribution in [3.63, 3.8) is 0 Å². The zero-order valence-corrected chi connectivity index (χ0v) is 10.2. The first kappa shape index (κ1) is 12.6. The van der Waals surface area contributed by atoms with Gasteiger partial charge in [0.15, 0.2) is 0 Å². The van der Waals surface area contributed by atoms with E-state index in [0.717, 1.165) is 0 Å². The molecule has 0 aliphatic carbocycles. The number of para-hydroxylation sites is 2. The predicted molar refractivity (Wildman–Crippen MR) is 68.9 cm³/mol. The molecule has 19 heavy (non-hydrogen) atoms. The van der Waals surface area contributed by atoms with Crippen LogP contribution in [0.2, 0.25) is 0 Å². The van der Waals surface area contributed by atoms with E-state index in [1.54, 1.807) is 37.3 Å². The third-order valence-electron chi connectivity index (χ3n) is 2.60. The summed E-state index contributed by atoms with van der Waals surface area (Å²) in [7, 11) is 0. The van der Waals surface area contributed by atoms with Gasteiger partial charge in [0.05, 0.1) is 11.4 Å². The number of amides is 1. The third-order valence-corrected chi connectivity index (χ3v) is 2.60. The summed E-state index contributed by atoms with van der Waals surface area (Å²) in [6.45, 7) is 1.66. The first-order valence-electron chi connectivity index (χ1n) is 5.58. The van der Waals surface area contributed by atoms with E-state index in [9.17, 15) is 4.79 Å². The zero-order chi connectivity index (χ0) is 13.8. The van der Waals surface area contributed by atoms with Crippen LogP contribution < -0.4 is 11.1 Å². The van der Waals surface area contributed by atoms with Gasteiger partial charge in [-0.1, -0.05) is 12.1 Å². The van der Waals surface area contributed by atoms with Gasteiger partial charge in [-0.25, -0.2) is 9.67 Å². The number of hydrogen-bond acceptors (Lipinski definition) is 5. The first-order chi connectivity index (χ1) is 9.11. The molecule has 2 rings (SSSR count). The van der Waals surface area contributed by atoms with E-state index in [2.05, 4.69) is 15.4 Å². The minimum atomic E-state index is -0.589. The topological polar surface area (TPSA) is 110 Å². The molecule has 0 bridgehead atoms. The summed E-state index contributed by atoms with van der Waals surface area (Å²) in [6.07, 6.45) is 1.34. The van der Waals surface area contributed by atoms with E-state index in [-0.39, 0.29) is 11.7 Å². The molecule has 1 amide bonds. The standard InChI is InChI=1S/C12H12N6O/c1-8(18-7-15-11(6-13)17-18)12(19)16-10-5-3-2-4-9(10)14/h2-5,7-8H,14H2,1H3,(H,16,19). The van der Waals surface area contributed by atoms with Crippen LogP contribution in [0.1, 0.15) is 18.8 Å². The lowest BCUT2D eigenvalue weighted by Crippen LogP contribution is -2.24. The van der Waals surface area contributed by atoms with E-state index >= 15 is 0 Å². The SMILES string of the molecule is CC(C(=O)Nc1ccccc1N)n1cnc(C#N)n1. The number of rotatable bonds is 3. The first-order valence-corrected chi connectivity index (χ1v) is 5.58. The van der Waals surface area contributed by atoms with Gasteiger partial charge < -0.3 is 11.1 Å². The summed E-state index contributed by atoms with van der Waals surface area (Å²) in [6, 6.07) is 8.19. The maximum absolute atomic E-state index is 12.0. The fraction of sp³-hybridized carbons (Fsp3) is 0.167. The highest BCUT2D eigenvalue weighted by molar-refractivity contribution is 5.95. The number of nitrogens with two attached hydrogens (primary N) is 1. The summed E-state index contributed by atoms with van der Waals surface area (Å²) in [5, 5.41) is 15.2. The Morgan fingerprint density at radius 1 is 1.53 bits per heavy atom. The second kappa shape index (κ2) is 5.18. The molecule has 3 N–H and O–H groups in total. The molecule has 0 spiro atoms. The number of carbonyl (C=O) groups is 1. The Hall–Kier alpha value is -2.88. The Balaban J connectivity index is 2.12. The van der Waals surface area contributed by atoms with Gasteiger partial charge in [0, 0.05) is 0 Å². The molecule has 1 heterocycles. The van der Waals surface area contributed by atoms with Crippen LogP contribution in [0, 0.1) is 11.3 Å². The smallest absolute Gasteiger partial charge is 0.252 e. The quantitative estimate of drug-likeness (QED) is 0.794. The lowest BCUT2D eigenvalue weighted by molar-refractivity contribution is -0.119. The van der Waals surface area contributed by atoms with Crippen molar-refractivity contribution in [3.8, 4) is 6.07 Å². The Morgan fingerprint density at radius 3 is 2.89 bits per heavy atom. The van der Waals surface area contributed by atoms with Crippen LogP contribution in [0.4, 0.5) is 11.4 Å². The fourth-order valence-corrected chi connectivity index (χ4v) is 1.48. The van der Waals surface area contributed by atoms with E-state index in [4.69, 9.17) is 11.0 Å². The molecule has 1 atom stereocenters. The van der Waals surface area contributed by atoms with Crippen molar-refractivity contribution in [2.75, 3.05) is 11.1 Å². The second-order valence-electron chi connectivity index (χ2n) is 3.91. The highest BCUT2D eigenvalue weighted by Crippen LogP contribution is 2.18. The number of aromatic nitrogens is 3. The van der Waals surface area contributed by atoms with Gasteiger partial charge in [-0.05, 0) is 19.1 Å². The molecule has 2 aromatic rings. The summed E-state index contributed by atoms with van der Waals surface area (Å²) in [4.78, 5) is 15.8. The average Bonchev–Trinajstić information content (AvgIpc) is 2.89. The Morgan fingerprint density at radius 2 is 2.26 bits per heavy atom. The molecule has 7 nitrogen and oxygen atoms in total. The molecule has 1 aromatic heterocycles. The van der Waals surface area contributed by atoms with Crippen molar-refractivity contribution in [2.24, 2.45) is 0 Å². The number of nitrogens with one attached hydrogen (secondary N) is 1. The van der Waals surface area contributed by atoms with Crippen LogP contribution in [0.5, 0.6) is 0 Å². The van der Waals surface area contributed by atoms with Crippen molar-refractivity contribution in [1.82, 2.24) is 14.8 Å². The molecule has 0 saturated heterocycles. The molecule has 1 unspecified atom stereocenters. The van der Waals surface area contributed by atoms with Crippen molar-refractivity contribution in [1.29, 1.82) is 5.26 Å². The molecule has 96 valence electrons. The van der Waals surface area contributed by atoms with Crippen molar-refractivity contribution in [3.05, 3.63) is 36.4 Å². The van der Waals surface area contributed by atoms with Gasteiger partial charge in [0.2, 0.25) is 5.91 Å². The summed E-state index contributed by atoms with van der Waals surface area (Å²) >= 11 is 0. The molecule has 0 aliphatic heterocycles. The number of benzene rings is 1. The number of hydrogen-bond donors (Lipinski definition) is 2. The van der Waals surface area contributed by atoms with Gasteiger partial charge in [0.1, 0.15) is 18.4 Å². The van der Waals surface area contributed by atoms with Crippen molar-refractivity contribution < 1.29 is 4.79 Å². The monoisotopic (exact) mass is 256 g/mol. The minimum Gasteiger partial charge on any atom is -0.397 e. The van der Waals surface area contributed by atoms with Gasteiger partial charge >= 0.3 is 0 Å². The van der Waals surface area contributed by atoms with Gasteiger partial charge in [0.25, 0.3) is 5.82 Å².